The van der Waals surface area contributed by atoms with Gasteiger partial charge in [0.05, 0.1) is 0 Å². The zero-order valence-electron chi connectivity index (χ0n) is 13.1. The van der Waals surface area contributed by atoms with Gasteiger partial charge in [-0.2, -0.15) is 0 Å². The monoisotopic (exact) mass is 277 g/mol. The predicted molar refractivity (Wildman–Crippen MR) is 83.9 cm³/mol. The second kappa shape index (κ2) is 6.39. The van der Waals surface area contributed by atoms with Crippen molar-refractivity contribution in [3.05, 3.63) is 11.4 Å². The Bertz CT molecular complexity index is 456. The van der Waals surface area contributed by atoms with Crippen molar-refractivity contribution in [2.24, 2.45) is 11.8 Å². The summed E-state index contributed by atoms with van der Waals surface area (Å²) < 4.78 is 0. The summed E-state index contributed by atoms with van der Waals surface area (Å²) >= 11 is 0. The summed E-state index contributed by atoms with van der Waals surface area (Å²) in [6.07, 6.45) is 3.58. The Morgan fingerprint density at radius 2 is 2.05 bits per heavy atom. The highest BCUT2D eigenvalue weighted by molar-refractivity contribution is 5.58. The van der Waals surface area contributed by atoms with Crippen molar-refractivity contribution in [2.75, 3.05) is 23.4 Å². The van der Waals surface area contributed by atoms with Crippen LogP contribution in [0, 0.1) is 12.8 Å². The molecule has 0 aliphatic heterocycles. The quantitative estimate of drug-likeness (QED) is 0.592. The number of nitrogens with one attached hydrogen (secondary N) is 1. The van der Waals surface area contributed by atoms with Crippen molar-refractivity contribution in [2.45, 2.75) is 52.9 Å². The second-order valence-corrected chi connectivity index (χ2v) is 5.85. The van der Waals surface area contributed by atoms with E-state index in [2.05, 4.69) is 36.1 Å². The van der Waals surface area contributed by atoms with Gasteiger partial charge in [-0.3, -0.25) is 0 Å². The van der Waals surface area contributed by atoms with Gasteiger partial charge in [0.15, 0.2) is 0 Å². The number of nitrogens with zero attached hydrogens (tertiary/aromatic N) is 3. The number of rotatable bonds is 7. The molecular formula is C15H27N5. The van der Waals surface area contributed by atoms with Crippen LogP contribution in [0.25, 0.3) is 0 Å². The van der Waals surface area contributed by atoms with E-state index >= 15 is 0 Å². The van der Waals surface area contributed by atoms with Crippen molar-refractivity contribution in [3.63, 3.8) is 0 Å². The van der Waals surface area contributed by atoms with Crippen LogP contribution in [0.1, 0.15) is 57.3 Å². The van der Waals surface area contributed by atoms with Crippen LogP contribution in [0.3, 0.4) is 0 Å². The first-order chi connectivity index (χ1) is 9.60. The normalized spacial score (nSPS) is 16.1. The van der Waals surface area contributed by atoms with E-state index in [1.54, 1.807) is 0 Å². The van der Waals surface area contributed by atoms with E-state index in [0.717, 1.165) is 36.1 Å². The summed E-state index contributed by atoms with van der Waals surface area (Å²) in [5, 5.41) is 0. The Hall–Kier alpha value is -1.36. The average molecular weight is 277 g/mol. The van der Waals surface area contributed by atoms with Gasteiger partial charge in [-0.15, -0.1) is 0 Å². The molecule has 1 saturated carbocycles. The molecule has 1 aromatic rings. The van der Waals surface area contributed by atoms with E-state index in [1.807, 2.05) is 6.92 Å². The number of anilines is 2. The highest BCUT2D eigenvalue weighted by atomic mass is 15.3. The maximum Gasteiger partial charge on any atom is 0.148 e. The third-order valence-electron chi connectivity index (χ3n) is 4.13. The minimum Gasteiger partial charge on any atom is -0.356 e. The van der Waals surface area contributed by atoms with Gasteiger partial charge < -0.3 is 10.3 Å². The first-order valence-corrected chi connectivity index (χ1v) is 7.70. The molecule has 0 bridgehead atoms. The number of hydrazine groups is 1. The Morgan fingerprint density at radius 3 is 2.55 bits per heavy atom. The fraction of sp³-hybridized carbons (Fsp3) is 0.733. The Kier molecular flexibility index (Phi) is 4.81. The largest absolute Gasteiger partial charge is 0.356 e. The maximum atomic E-state index is 5.62. The van der Waals surface area contributed by atoms with Crippen LogP contribution in [-0.2, 0) is 0 Å². The number of nitrogens with two attached hydrogens (primary N) is 1. The van der Waals surface area contributed by atoms with Gasteiger partial charge in [0.2, 0.25) is 0 Å². The number of aromatic nitrogens is 2. The number of hydrogen-bond donors (Lipinski definition) is 2. The van der Waals surface area contributed by atoms with Gasteiger partial charge in [0, 0.05) is 24.6 Å². The van der Waals surface area contributed by atoms with Crippen molar-refractivity contribution in [1.82, 2.24) is 9.97 Å². The molecule has 1 aliphatic rings. The first-order valence-electron chi connectivity index (χ1n) is 7.70. The van der Waals surface area contributed by atoms with Gasteiger partial charge in [-0.1, -0.05) is 20.3 Å². The molecule has 1 aliphatic carbocycles. The summed E-state index contributed by atoms with van der Waals surface area (Å²) in [5.74, 6) is 9.55. The molecule has 112 valence electrons. The third-order valence-corrected chi connectivity index (χ3v) is 4.13. The Morgan fingerprint density at radius 1 is 1.35 bits per heavy atom. The van der Waals surface area contributed by atoms with Gasteiger partial charge in [0.25, 0.3) is 0 Å². The van der Waals surface area contributed by atoms with Crippen molar-refractivity contribution in [1.29, 1.82) is 0 Å². The molecule has 5 heteroatoms. The molecule has 0 radical (unpaired) electrons. The lowest BCUT2D eigenvalue weighted by Gasteiger charge is -2.27. The average Bonchev–Trinajstić information content (AvgIpc) is 3.29. The van der Waals surface area contributed by atoms with E-state index in [4.69, 9.17) is 10.8 Å². The minimum absolute atomic E-state index is 0.531. The standard InChI is InChI=1S/C15H27N5/c1-5-10(3)9-20(6-2)15-11(4)13(19-16)17-14(18-15)12-7-8-12/h10,12H,5-9,16H2,1-4H3,(H,17,18,19). The van der Waals surface area contributed by atoms with E-state index in [-0.39, 0.29) is 0 Å². The zero-order valence-corrected chi connectivity index (χ0v) is 13.1. The van der Waals surface area contributed by atoms with Gasteiger partial charge in [-0.25, -0.2) is 15.8 Å². The molecule has 1 heterocycles. The number of hydrogen-bond acceptors (Lipinski definition) is 5. The lowest BCUT2D eigenvalue weighted by atomic mass is 10.1. The summed E-state index contributed by atoms with van der Waals surface area (Å²) in [6.45, 7) is 10.7. The molecule has 1 unspecified atom stereocenters. The molecule has 0 aromatic carbocycles. The van der Waals surface area contributed by atoms with Crippen LogP contribution < -0.4 is 16.2 Å². The summed E-state index contributed by atoms with van der Waals surface area (Å²) in [5.41, 5.74) is 3.77. The summed E-state index contributed by atoms with van der Waals surface area (Å²) in [6, 6.07) is 0. The highest BCUT2D eigenvalue weighted by Crippen LogP contribution is 2.40. The molecule has 3 N–H and O–H groups in total. The van der Waals surface area contributed by atoms with Crippen LogP contribution in [0.15, 0.2) is 0 Å². The molecule has 0 spiro atoms. The Balaban J connectivity index is 2.33. The lowest BCUT2D eigenvalue weighted by Crippen LogP contribution is -2.30. The molecule has 0 saturated heterocycles. The lowest BCUT2D eigenvalue weighted by molar-refractivity contribution is 0.544. The minimum atomic E-state index is 0.531. The van der Waals surface area contributed by atoms with Crippen molar-refractivity contribution >= 4 is 11.6 Å². The molecular weight excluding hydrogens is 250 g/mol. The Labute approximate surface area is 121 Å². The van der Waals surface area contributed by atoms with Crippen LogP contribution in [0.2, 0.25) is 0 Å². The van der Waals surface area contributed by atoms with Crippen LogP contribution in [0.4, 0.5) is 11.6 Å². The van der Waals surface area contributed by atoms with Crippen LogP contribution in [0.5, 0.6) is 0 Å². The SMILES string of the molecule is CCC(C)CN(CC)c1nc(C2CC2)nc(NN)c1C. The van der Waals surface area contributed by atoms with Crippen molar-refractivity contribution in [3.8, 4) is 0 Å². The topological polar surface area (TPSA) is 67.1 Å². The molecule has 0 amide bonds. The fourth-order valence-electron chi connectivity index (χ4n) is 2.36. The summed E-state index contributed by atoms with van der Waals surface area (Å²) in [7, 11) is 0. The van der Waals surface area contributed by atoms with Gasteiger partial charge >= 0.3 is 0 Å². The molecule has 2 rings (SSSR count). The fourth-order valence-corrected chi connectivity index (χ4v) is 2.36. The van der Waals surface area contributed by atoms with E-state index in [1.165, 1.54) is 19.3 Å². The van der Waals surface area contributed by atoms with E-state index in [9.17, 15) is 0 Å². The molecule has 1 fully saturated rings. The smallest absolute Gasteiger partial charge is 0.148 e. The molecule has 20 heavy (non-hydrogen) atoms. The molecule has 1 atom stereocenters. The zero-order chi connectivity index (χ0) is 14.7. The second-order valence-electron chi connectivity index (χ2n) is 5.85. The summed E-state index contributed by atoms with van der Waals surface area (Å²) in [4.78, 5) is 11.7. The van der Waals surface area contributed by atoms with E-state index < -0.39 is 0 Å². The molecule has 1 aromatic heterocycles. The van der Waals surface area contributed by atoms with Gasteiger partial charge in [-0.05, 0) is 32.6 Å². The predicted octanol–water partition coefficient (Wildman–Crippen LogP) is 2.82. The van der Waals surface area contributed by atoms with Crippen LogP contribution >= 0.6 is 0 Å². The maximum absolute atomic E-state index is 5.62. The number of nitrogen functional groups attached to an aromatic ring is 1. The van der Waals surface area contributed by atoms with Crippen LogP contribution in [-0.4, -0.2) is 23.1 Å². The third kappa shape index (κ3) is 3.20. The van der Waals surface area contributed by atoms with Gasteiger partial charge in [0.1, 0.15) is 17.5 Å². The van der Waals surface area contributed by atoms with E-state index in [0.29, 0.717) is 11.8 Å². The molecule has 5 nitrogen and oxygen atoms in total. The highest BCUT2D eigenvalue weighted by Gasteiger charge is 2.29. The van der Waals surface area contributed by atoms with Crippen molar-refractivity contribution < 1.29 is 0 Å². The first kappa shape index (κ1) is 15.0.